The van der Waals surface area contributed by atoms with E-state index in [0.29, 0.717) is 24.7 Å². The fraction of sp³-hybridized carbons (Fsp3) is 0.769. The molecular weight excluding hydrogens is 418 g/mol. The normalized spacial score (nSPS) is 28.0. The topological polar surface area (TPSA) is 88.4 Å². The summed E-state index contributed by atoms with van der Waals surface area (Å²) in [4.78, 5) is 4.40. The van der Waals surface area contributed by atoms with E-state index >= 15 is 0 Å². The fourth-order valence-corrected chi connectivity index (χ4v) is 5.72. The number of hydrogen-bond donors (Lipinski definition) is 4. The van der Waals surface area contributed by atoms with Gasteiger partial charge in [0, 0.05) is 56.5 Å². The van der Waals surface area contributed by atoms with E-state index in [2.05, 4.69) is 37.1 Å². The predicted molar refractivity (Wildman–Crippen MR) is 129 cm³/mol. The summed E-state index contributed by atoms with van der Waals surface area (Å²) in [7, 11) is 0. The Hall–Kier alpha value is -1.22. The fourth-order valence-electron chi connectivity index (χ4n) is 5.72. The number of aliphatic hydroxyl groups excluding tert-OH is 2. The van der Waals surface area contributed by atoms with Crippen LogP contribution in [0.2, 0.25) is 0 Å². The van der Waals surface area contributed by atoms with Crippen LogP contribution >= 0.6 is 0 Å². The number of likely N-dealkylation sites (tertiary alicyclic amines) is 1. The quantitative estimate of drug-likeness (QED) is 0.432. The van der Waals surface area contributed by atoms with E-state index in [1.807, 2.05) is 11.0 Å². The highest BCUT2D eigenvalue weighted by molar-refractivity contribution is 5.50. The van der Waals surface area contributed by atoms with Gasteiger partial charge in [0.2, 0.25) is 0 Å². The molecule has 3 heterocycles. The van der Waals surface area contributed by atoms with Gasteiger partial charge in [0.05, 0.1) is 5.60 Å². The lowest BCUT2D eigenvalue weighted by molar-refractivity contribution is -0.0830. The molecular formula is C26H43N3O4. The van der Waals surface area contributed by atoms with Gasteiger partial charge in [0.25, 0.3) is 0 Å². The van der Waals surface area contributed by atoms with Crippen molar-refractivity contribution in [3.05, 3.63) is 34.6 Å². The van der Waals surface area contributed by atoms with Crippen LogP contribution in [-0.4, -0.2) is 88.6 Å². The number of nitrogens with zero attached hydrogens (tertiary/aromatic N) is 2. The minimum atomic E-state index is -0.869. The summed E-state index contributed by atoms with van der Waals surface area (Å²) in [6.07, 6.45) is 8.07. The van der Waals surface area contributed by atoms with Crippen LogP contribution in [0.15, 0.2) is 34.6 Å². The lowest BCUT2D eigenvalue weighted by Crippen LogP contribution is -2.51. The van der Waals surface area contributed by atoms with Crippen LogP contribution in [0.5, 0.6) is 0 Å². The molecule has 0 aromatic heterocycles. The number of ether oxygens (including phenoxy) is 1. The van der Waals surface area contributed by atoms with Crippen molar-refractivity contribution >= 4 is 0 Å². The Morgan fingerprint density at radius 3 is 2.58 bits per heavy atom. The summed E-state index contributed by atoms with van der Waals surface area (Å²) in [5, 5.41) is 36.2. The van der Waals surface area contributed by atoms with E-state index in [9.17, 15) is 15.3 Å². The van der Waals surface area contributed by atoms with Crippen LogP contribution in [0.3, 0.4) is 0 Å². The van der Waals surface area contributed by atoms with Crippen LogP contribution in [0.4, 0.5) is 0 Å². The Balaban J connectivity index is 1.31. The highest BCUT2D eigenvalue weighted by Crippen LogP contribution is 2.37. The molecule has 2 saturated heterocycles. The van der Waals surface area contributed by atoms with Gasteiger partial charge < -0.3 is 29.9 Å². The Kier molecular flexibility index (Phi) is 7.98. The molecule has 2 unspecified atom stereocenters. The molecule has 0 aromatic carbocycles. The van der Waals surface area contributed by atoms with E-state index < -0.39 is 18.1 Å². The Morgan fingerprint density at radius 1 is 1.21 bits per heavy atom. The second-order valence-electron chi connectivity index (χ2n) is 10.7. The summed E-state index contributed by atoms with van der Waals surface area (Å²) in [5.74, 6) is 0.480. The molecule has 0 radical (unpaired) electrons. The van der Waals surface area contributed by atoms with Crippen molar-refractivity contribution in [2.75, 3.05) is 39.4 Å². The molecule has 4 aliphatic rings. The first-order chi connectivity index (χ1) is 15.8. The van der Waals surface area contributed by atoms with Crippen molar-refractivity contribution in [1.29, 1.82) is 0 Å². The zero-order chi connectivity index (χ0) is 23.6. The first-order valence-electron chi connectivity index (χ1n) is 12.8. The van der Waals surface area contributed by atoms with Gasteiger partial charge >= 0.3 is 0 Å². The second-order valence-corrected chi connectivity index (χ2v) is 10.7. The lowest BCUT2D eigenvalue weighted by Gasteiger charge is -2.43. The molecule has 4 N–H and O–H groups in total. The molecule has 0 amide bonds. The molecule has 3 aliphatic heterocycles. The summed E-state index contributed by atoms with van der Waals surface area (Å²) in [6.45, 7) is 11.0. The van der Waals surface area contributed by atoms with Crippen LogP contribution < -0.4 is 5.32 Å². The third-order valence-corrected chi connectivity index (χ3v) is 7.86. The van der Waals surface area contributed by atoms with Crippen molar-refractivity contribution in [3.63, 3.8) is 0 Å². The number of allylic oxidation sites excluding steroid dienone is 3. The first kappa shape index (κ1) is 24.9. The molecule has 7 nitrogen and oxygen atoms in total. The molecule has 0 bridgehead atoms. The van der Waals surface area contributed by atoms with E-state index in [4.69, 9.17) is 4.74 Å². The lowest BCUT2D eigenvalue weighted by atomic mass is 9.88. The average molecular weight is 462 g/mol. The molecule has 33 heavy (non-hydrogen) atoms. The standard InChI is InChI=1S/C26H43N3O4/c1-18(2)29-23-6-4-5-19(3)21(23)15-22(25(29)31)24(30)27-16-20-7-11-28(12-8-20)17-26(32)9-13-33-14-10-26/h6,15,18,20,24-25,27,30-32H,4-5,7-14,16-17H2,1-3H3. The third-order valence-electron chi connectivity index (χ3n) is 7.86. The molecule has 0 saturated carbocycles. The van der Waals surface area contributed by atoms with Crippen molar-refractivity contribution in [2.45, 2.75) is 83.4 Å². The second kappa shape index (κ2) is 10.6. The predicted octanol–water partition coefficient (Wildman–Crippen LogP) is 2.11. The highest BCUT2D eigenvalue weighted by atomic mass is 16.5. The first-order valence-corrected chi connectivity index (χ1v) is 12.8. The molecule has 2 fully saturated rings. The maximum Gasteiger partial charge on any atom is 0.153 e. The number of nitrogens with one attached hydrogen (secondary N) is 1. The van der Waals surface area contributed by atoms with E-state index in [1.54, 1.807) is 0 Å². The number of piperidine rings is 1. The third kappa shape index (κ3) is 5.72. The molecule has 186 valence electrons. The number of rotatable bonds is 7. The number of β-amino-alcohol motifs (C(OH)–C–C–N with tert-alkyl or cyclic N) is 1. The molecule has 7 heteroatoms. The van der Waals surface area contributed by atoms with Crippen molar-refractivity contribution in [1.82, 2.24) is 15.1 Å². The number of aliphatic hydroxyl groups is 3. The summed E-state index contributed by atoms with van der Waals surface area (Å²) < 4.78 is 5.40. The van der Waals surface area contributed by atoms with E-state index in [1.165, 1.54) is 5.57 Å². The molecule has 4 rings (SSSR count). The van der Waals surface area contributed by atoms with E-state index in [-0.39, 0.29) is 6.04 Å². The molecule has 2 atom stereocenters. The minimum absolute atomic E-state index is 0.137. The van der Waals surface area contributed by atoms with Gasteiger partial charge in [-0.3, -0.25) is 5.32 Å². The minimum Gasteiger partial charge on any atom is -0.388 e. The molecule has 1 aliphatic carbocycles. The van der Waals surface area contributed by atoms with Crippen LogP contribution in [-0.2, 0) is 4.74 Å². The van der Waals surface area contributed by atoms with E-state index in [0.717, 1.165) is 76.0 Å². The van der Waals surface area contributed by atoms with Crippen molar-refractivity contribution in [2.24, 2.45) is 5.92 Å². The average Bonchev–Trinajstić information content (AvgIpc) is 2.78. The maximum absolute atomic E-state index is 11.1. The monoisotopic (exact) mass is 461 g/mol. The zero-order valence-electron chi connectivity index (χ0n) is 20.6. The van der Waals surface area contributed by atoms with Crippen molar-refractivity contribution < 1.29 is 20.1 Å². The van der Waals surface area contributed by atoms with Gasteiger partial charge in [0.1, 0.15) is 6.23 Å². The zero-order valence-corrected chi connectivity index (χ0v) is 20.6. The SMILES string of the molecule is CC1=C2C=C(C(O)NCC3CCN(CC4(O)CCOCC4)CC3)C(O)N(C(C)C)C2=CCC1. The van der Waals surface area contributed by atoms with Gasteiger partial charge in [-0.25, -0.2) is 0 Å². The van der Waals surface area contributed by atoms with Crippen molar-refractivity contribution in [3.8, 4) is 0 Å². The van der Waals surface area contributed by atoms with Gasteiger partial charge in [-0.05, 0) is 77.1 Å². The largest absolute Gasteiger partial charge is 0.388 e. The highest BCUT2D eigenvalue weighted by Gasteiger charge is 2.36. The summed E-state index contributed by atoms with van der Waals surface area (Å²) in [5.41, 5.74) is 3.58. The smallest absolute Gasteiger partial charge is 0.153 e. The van der Waals surface area contributed by atoms with Crippen LogP contribution in [0.25, 0.3) is 0 Å². The maximum atomic E-state index is 11.1. The van der Waals surface area contributed by atoms with Gasteiger partial charge in [-0.15, -0.1) is 0 Å². The Labute approximate surface area is 198 Å². The van der Waals surface area contributed by atoms with Crippen LogP contribution in [0.1, 0.15) is 59.3 Å². The summed E-state index contributed by atoms with van der Waals surface area (Å²) >= 11 is 0. The molecule has 0 spiro atoms. The summed E-state index contributed by atoms with van der Waals surface area (Å²) in [6, 6.07) is 0.137. The number of fused-ring (bicyclic) bond motifs is 1. The van der Waals surface area contributed by atoms with Crippen LogP contribution in [0, 0.1) is 5.92 Å². The Morgan fingerprint density at radius 2 is 1.91 bits per heavy atom. The van der Waals surface area contributed by atoms with Gasteiger partial charge in [-0.2, -0.15) is 0 Å². The van der Waals surface area contributed by atoms with Gasteiger partial charge in [0.15, 0.2) is 6.23 Å². The molecule has 0 aromatic rings. The Bertz CT molecular complexity index is 776. The number of hydrogen-bond acceptors (Lipinski definition) is 7. The van der Waals surface area contributed by atoms with Gasteiger partial charge in [-0.1, -0.05) is 11.6 Å².